The van der Waals surface area contributed by atoms with E-state index in [0.717, 1.165) is 18.2 Å². The number of nitrogens with zero attached hydrogens (tertiary/aromatic N) is 1. The minimum absolute atomic E-state index is 0.0366. The molecule has 4 nitrogen and oxygen atoms in total. The summed E-state index contributed by atoms with van der Waals surface area (Å²) in [6.07, 6.45) is 1.19. The van der Waals surface area contributed by atoms with Crippen molar-refractivity contribution in [3.05, 3.63) is 65.5 Å². The molecule has 1 aliphatic rings. The molecule has 136 valence electrons. The van der Waals surface area contributed by atoms with Gasteiger partial charge < -0.3 is 10.2 Å². The van der Waals surface area contributed by atoms with Crippen molar-refractivity contribution in [1.29, 1.82) is 0 Å². The zero-order valence-corrected chi connectivity index (χ0v) is 13.8. The van der Waals surface area contributed by atoms with Crippen LogP contribution in [0.1, 0.15) is 23.2 Å². The Hall–Kier alpha value is -2.83. The van der Waals surface area contributed by atoms with E-state index in [1.807, 2.05) is 0 Å². The van der Waals surface area contributed by atoms with Gasteiger partial charge in [-0.15, -0.1) is 0 Å². The van der Waals surface area contributed by atoms with E-state index < -0.39 is 29.3 Å². The number of piperidine rings is 1. The normalized spacial score (nSPS) is 17.0. The van der Waals surface area contributed by atoms with Crippen molar-refractivity contribution in [3.8, 4) is 0 Å². The van der Waals surface area contributed by atoms with Gasteiger partial charge in [-0.2, -0.15) is 0 Å². The van der Waals surface area contributed by atoms with Gasteiger partial charge in [-0.05, 0) is 49.2 Å². The average molecular weight is 362 g/mol. The van der Waals surface area contributed by atoms with Gasteiger partial charge in [-0.25, -0.2) is 13.2 Å². The molecule has 1 saturated heterocycles. The standard InChI is InChI=1S/C19H17F3N2O2/c20-14-5-3-12(4-6-14)19(26)24-7-1-2-13(11-24)18(25)23-17-9-15(21)8-16(22)10-17/h3-6,8-10,13H,1-2,7,11H2,(H,23,25)/t13-/m1/s1. The highest BCUT2D eigenvalue weighted by atomic mass is 19.1. The maximum atomic E-state index is 13.2. The van der Waals surface area contributed by atoms with E-state index in [-0.39, 0.29) is 18.1 Å². The van der Waals surface area contributed by atoms with Gasteiger partial charge in [0.15, 0.2) is 0 Å². The number of benzene rings is 2. The lowest BCUT2D eigenvalue weighted by molar-refractivity contribution is -0.121. The number of likely N-dealkylation sites (tertiary alicyclic amines) is 1. The summed E-state index contributed by atoms with van der Waals surface area (Å²) in [5, 5.41) is 2.49. The molecule has 1 fully saturated rings. The number of halogens is 3. The molecule has 0 unspecified atom stereocenters. The number of anilines is 1. The Morgan fingerprint density at radius 3 is 2.27 bits per heavy atom. The highest BCUT2D eigenvalue weighted by Crippen LogP contribution is 2.21. The number of hydrogen-bond donors (Lipinski definition) is 1. The van der Waals surface area contributed by atoms with Crippen LogP contribution in [0.25, 0.3) is 0 Å². The number of rotatable bonds is 3. The van der Waals surface area contributed by atoms with Crippen LogP contribution in [0.4, 0.5) is 18.9 Å². The largest absolute Gasteiger partial charge is 0.338 e. The van der Waals surface area contributed by atoms with E-state index in [0.29, 0.717) is 24.9 Å². The predicted molar refractivity (Wildman–Crippen MR) is 90.0 cm³/mol. The Labute approximate surface area is 148 Å². The lowest BCUT2D eigenvalue weighted by Crippen LogP contribution is -2.43. The van der Waals surface area contributed by atoms with Gasteiger partial charge in [0.1, 0.15) is 17.5 Å². The average Bonchev–Trinajstić information content (AvgIpc) is 2.61. The third-order valence-electron chi connectivity index (χ3n) is 4.30. The highest BCUT2D eigenvalue weighted by molar-refractivity contribution is 5.96. The maximum absolute atomic E-state index is 13.2. The summed E-state index contributed by atoms with van der Waals surface area (Å²) in [5.74, 6) is -3.15. The van der Waals surface area contributed by atoms with E-state index >= 15 is 0 Å². The van der Waals surface area contributed by atoms with Gasteiger partial charge in [0.2, 0.25) is 5.91 Å². The zero-order chi connectivity index (χ0) is 18.7. The molecule has 2 aromatic rings. The van der Waals surface area contributed by atoms with E-state index in [1.165, 1.54) is 29.2 Å². The van der Waals surface area contributed by atoms with Gasteiger partial charge in [-0.3, -0.25) is 9.59 Å². The van der Waals surface area contributed by atoms with Crippen molar-refractivity contribution in [1.82, 2.24) is 4.90 Å². The maximum Gasteiger partial charge on any atom is 0.253 e. The molecule has 1 atom stereocenters. The summed E-state index contributed by atoms with van der Waals surface area (Å²) in [4.78, 5) is 26.4. The minimum atomic E-state index is -0.781. The van der Waals surface area contributed by atoms with Crippen molar-refractivity contribution < 1.29 is 22.8 Å². The molecule has 7 heteroatoms. The van der Waals surface area contributed by atoms with Crippen LogP contribution in [0.5, 0.6) is 0 Å². The molecule has 0 aliphatic carbocycles. The molecular weight excluding hydrogens is 345 g/mol. The molecule has 2 amide bonds. The molecule has 2 aromatic carbocycles. The van der Waals surface area contributed by atoms with Gasteiger partial charge in [-0.1, -0.05) is 0 Å². The van der Waals surface area contributed by atoms with Crippen LogP contribution in [-0.4, -0.2) is 29.8 Å². The van der Waals surface area contributed by atoms with Crippen LogP contribution in [0.3, 0.4) is 0 Å². The minimum Gasteiger partial charge on any atom is -0.338 e. The van der Waals surface area contributed by atoms with E-state index in [2.05, 4.69) is 5.32 Å². The monoisotopic (exact) mass is 362 g/mol. The Kier molecular flexibility index (Phi) is 5.25. The molecular formula is C19H17F3N2O2. The molecule has 1 heterocycles. The summed E-state index contributed by atoms with van der Waals surface area (Å²) in [6.45, 7) is 0.689. The molecule has 1 N–H and O–H groups in total. The number of hydrogen-bond acceptors (Lipinski definition) is 2. The topological polar surface area (TPSA) is 49.4 Å². The number of carbonyl (C=O) groups excluding carboxylic acids is 2. The molecule has 0 radical (unpaired) electrons. The third-order valence-corrected chi connectivity index (χ3v) is 4.30. The quantitative estimate of drug-likeness (QED) is 0.907. The Morgan fingerprint density at radius 2 is 1.62 bits per heavy atom. The highest BCUT2D eigenvalue weighted by Gasteiger charge is 2.29. The fourth-order valence-electron chi connectivity index (χ4n) is 3.02. The Bertz CT molecular complexity index is 804. The first-order valence-electron chi connectivity index (χ1n) is 8.24. The molecule has 0 saturated carbocycles. The van der Waals surface area contributed by atoms with Gasteiger partial charge in [0, 0.05) is 30.4 Å². The fraction of sp³-hybridized carbons (Fsp3) is 0.263. The van der Waals surface area contributed by atoms with Crippen molar-refractivity contribution in [2.24, 2.45) is 5.92 Å². The van der Waals surface area contributed by atoms with E-state index in [9.17, 15) is 22.8 Å². The van der Waals surface area contributed by atoms with Crippen LogP contribution in [0.15, 0.2) is 42.5 Å². The van der Waals surface area contributed by atoms with Crippen molar-refractivity contribution in [3.63, 3.8) is 0 Å². The Morgan fingerprint density at radius 1 is 0.962 bits per heavy atom. The molecule has 1 aliphatic heterocycles. The summed E-state index contributed by atoms with van der Waals surface area (Å²) in [5.41, 5.74) is 0.383. The van der Waals surface area contributed by atoms with Gasteiger partial charge in [0.25, 0.3) is 5.91 Å². The molecule has 3 rings (SSSR count). The Balaban J connectivity index is 1.66. The lowest BCUT2D eigenvalue weighted by atomic mass is 9.96. The number of nitrogens with one attached hydrogen (secondary N) is 1. The van der Waals surface area contributed by atoms with Crippen molar-refractivity contribution in [2.45, 2.75) is 12.8 Å². The lowest BCUT2D eigenvalue weighted by Gasteiger charge is -2.32. The predicted octanol–water partition coefficient (Wildman–Crippen LogP) is 3.59. The third kappa shape index (κ3) is 4.22. The molecule has 0 bridgehead atoms. The van der Waals surface area contributed by atoms with Crippen LogP contribution in [-0.2, 0) is 4.79 Å². The molecule has 0 spiro atoms. The zero-order valence-electron chi connectivity index (χ0n) is 13.8. The first kappa shape index (κ1) is 18.0. The second kappa shape index (κ2) is 7.59. The summed E-state index contributed by atoms with van der Waals surface area (Å²) < 4.78 is 39.5. The van der Waals surface area contributed by atoms with Gasteiger partial charge >= 0.3 is 0 Å². The second-order valence-electron chi connectivity index (χ2n) is 6.24. The van der Waals surface area contributed by atoms with Crippen LogP contribution in [0.2, 0.25) is 0 Å². The number of carbonyl (C=O) groups is 2. The van der Waals surface area contributed by atoms with E-state index in [4.69, 9.17) is 0 Å². The van der Waals surface area contributed by atoms with Crippen LogP contribution >= 0.6 is 0 Å². The first-order chi connectivity index (χ1) is 12.4. The van der Waals surface area contributed by atoms with Crippen molar-refractivity contribution >= 4 is 17.5 Å². The number of amides is 2. The summed E-state index contributed by atoms with van der Waals surface area (Å²) in [6, 6.07) is 8.00. The van der Waals surface area contributed by atoms with Crippen LogP contribution < -0.4 is 5.32 Å². The second-order valence-corrected chi connectivity index (χ2v) is 6.24. The molecule has 0 aromatic heterocycles. The smallest absolute Gasteiger partial charge is 0.253 e. The summed E-state index contributed by atoms with van der Waals surface area (Å²) >= 11 is 0. The van der Waals surface area contributed by atoms with Gasteiger partial charge in [0.05, 0.1) is 5.92 Å². The van der Waals surface area contributed by atoms with Crippen LogP contribution in [0, 0.1) is 23.4 Å². The molecule has 26 heavy (non-hydrogen) atoms. The SMILES string of the molecule is O=C(Nc1cc(F)cc(F)c1)[C@@H]1CCCN(C(=O)c2ccc(F)cc2)C1. The fourth-order valence-corrected chi connectivity index (χ4v) is 3.02. The first-order valence-corrected chi connectivity index (χ1v) is 8.24. The summed E-state index contributed by atoms with van der Waals surface area (Å²) in [7, 11) is 0. The van der Waals surface area contributed by atoms with E-state index in [1.54, 1.807) is 0 Å². The van der Waals surface area contributed by atoms with Crippen molar-refractivity contribution in [2.75, 3.05) is 18.4 Å².